The van der Waals surface area contributed by atoms with Crippen LogP contribution in [0.2, 0.25) is 0 Å². The molecule has 1 aromatic heterocycles. The summed E-state index contributed by atoms with van der Waals surface area (Å²) in [5, 5.41) is 17.5. The molecule has 0 saturated heterocycles. The minimum atomic E-state index is -0.618. The molecule has 0 aliphatic rings. The molecular weight excluding hydrogens is 475 g/mol. The number of aromatic nitrogens is 1. The molecule has 150 valence electrons. The fourth-order valence-corrected chi connectivity index (χ4v) is 3.02. The minimum Gasteiger partial charge on any atom is -0.389 e. The van der Waals surface area contributed by atoms with E-state index in [0.29, 0.717) is 19.0 Å². The number of rotatable bonds is 9. The maximum Gasteiger partial charge on any atom is 0.191 e. The van der Waals surface area contributed by atoms with E-state index in [-0.39, 0.29) is 36.7 Å². The van der Waals surface area contributed by atoms with Gasteiger partial charge in [-0.05, 0) is 26.3 Å². The molecule has 2 atom stereocenters. The Morgan fingerprint density at radius 1 is 1.30 bits per heavy atom. The van der Waals surface area contributed by atoms with E-state index < -0.39 is 6.10 Å². The molecule has 3 N–H and O–H groups in total. The molecule has 6 nitrogen and oxygen atoms in total. The Morgan fingerprint density at radius 3 is 2.67 bits per heavy atom. The molecule has 0 fully saturated rings. The monoisotopic (exact) mass is 504 g/mol. The molecule has 0 saturated carbocycles. The van der Waals surface area contributed by atoms with Crippen molar-refractivity contribution in [3.05, 3.63) is 52.0 Å². The molecule has 2 unspecified atom stereocenters. The van der Waals surface area contributed by atoms with E-state index in [2.05, 4.69) is 20.6 Å². The number of hydrogen-bond acceptors (Lipinski definition) is 5. The second kappa shape index (κ2) is 13.0. The zero-order valence-electron chi connectivity index (χ0n) is 16.0. The van der Waals surface area contributed by atoms with E-state index in [1.54, 1.807) is 11.3 Å². The first-order valence-corrected chi connectivity index (χ1v) is 9.68. The second-order valence-corrected chi connectivity index (χ2v) is 7.30. The van der Waals surface area contributed by atoms with Crippen LogP contribution in [-0.4, -0.2) is 41.9 Å². The highest BCUT2D eigenvalue weighted by Crippen LogP contribution is 2.16. The van der Waals surface area contributed by atoms with Gasteiger partial charge in [0, 0.05) is 24.2 Å². The van der Waals surface area contributed by atoms with Crippen LogP contribution >= 0.6 is 35.3 Å². The van der Waals surface area contributed by atoms with Crippen molar-refractivity contribution < 1.29 is 9.84 Å². The maximum absolute atomic E-state index is 10.2. The number of ether oxygens (including phenoxy) is 1. The van der Waals surface area contributed by atoms with Gasteiger partial charge >= 0.3 is 0 Å². The Balaban J connectivity index is 0.00000364. The number of guanidine groups is 1. The summed E-state index contributed by atoms with van der Waals surface area (Å²) in [6.07, 6.45) is 1.18. The largest absolute Gasteiger partial charge is 0.389 e. The SMILES string of the molecule is CCNC(=NCc1ncc(C)s1)NCC(O)COC(C)c1ccccc1.I. The number of nitrogens with one attached hydrogen (secondary N) is 2. The zero-order valence-corrected chi connectivity index (χ0v) is 19.2. The predicted octanol–water partition coefficient (Wildman–Crippen LogP) is 3.26. The van der Waals surface area contributed by atoms with E-state index in [9.17, 15) is 5.11 Å². The normalized spacial score (nSPS) is 13.6. The van der Waals surface area contributed by atoms with Crippen LogP contribution in [-0.2, 0) is 11.3 Å². The molecule has 2 aromatic rings. The first kappa shape index (κ1) is 23.8. The van der Waals surface area contributed by atoms with Gasteiger partial charge in [-0.2, -0.15) is 0 Å². The smallest absolute Gasteiger partial charge is 0.191 e. The zero-order chi connectivity index (χ0) is 18.8. The Kier molecular flexibility index (Phi) is 11.5. The lowest BCUT2D eigenvalue weighted by molar-refractivity contribution is -0.000599. The standard InChI is InChI=1S/C19H28N4O2S.HI/c1-4-20-19(23-12-18-21-10-14(2)26-18)22-11-17(24)13-25-15(3)16-8-6-5-7-9-16;/h5-10,15,17,24H,4,11-13H2,1-3H3,(H2,20,22,23);1H. The van der Waals surface area contributed by atoms with Crippen LogP contribution in [0.15, 0.2) is 41.5 Å². The molecule has 0 bridgehead atoms. The number of thiazole rings is 1. The van der Waals surface area contributed by atoms with Crippen molar-refractivity contribution in [2.24, 2.45) is 4.99 Å². The van der Waals surface area contributed by atoms with E-state index >= 15 is 0 Å². The Bertz CT molecular complexity index is 681. The topological polar surface area (TPSA) is 78.8 Å². The van der Waals surface area contributed by atoms with Crippen molar-refractivity contribution in [3.63, 3.8) is 0 Å². The molecule has 1 aromatic carbocycles. The van der Waals surface area contributed by atoms with E-state index in [1.165, 1.54) is 4.88 Å². The third-order valence-corrected chi connectivity index (χ3v) is 4.60. The van der Waals surface area contributed by atoms with Gasteiger partial charge < -0.3 is 20.5 Å². The Labute approximate surface area is 182 Å². The highest BCUT2D eigenvalue weighted by Gasteiger charge is 2.10. The van der Waals surface area contributed by atoms with Crippen LogP contribution in [0.25, 0.3) is 0 Å². The molecule has 0 radical (unpaired) electrons. The molecular formula is C19H29IN4O2S. The van der Waals surface area contributed by atoms with Crippen molar-refractivity contribution in [1.29, 1.82) is 0 Å². The van der Waals surface area contributed by atoms with Crippen molar-refractivity contribution in [2.75, 3.05) is 19.7 Å². The van der Waals surface area contributed by atoms with Gasteiger partial charge in [0.2, 0.25) is 0 Å². The van der Waals surface area contributed by atoms with Crippen molar-refractivity contribution in [3.8, 4) is 0 Å². The van der Waals surface area contributed by atoms with Gasteiger partial charge in [0.1, 0.15) is 5.01 Å². The number of aliphatic imine (C=N–C) groups is 1. The fourth-order valence-electron chi connectivity index (χ4n) is 2.31. The van der Waals surface area contributed by atoms with Crippen LogP contribution in [0.4, 0.5) is 0 Å². The highest BCUT2D eigenvalue weighted by molar-refractivity contribution is 14.0. The minimum absolute atomic E-state index is 0. The number of benzene rings is 1. The van der Waals surface area contributed by atoms with Crippen molar-refractivity contribution in [2.45, 2.75) is 39.5 Å². The average molecular weight is 504 g/mol. The Hall–Kier alpha value is -1.23. The summed E-state index contributed by atoms with van der Waals surface area (Å²) in [5.41, 5.74) is 1.10. The summed E-state index contributed by atoms with van der Waals surface area (Å²) in [4.78, 5) is 9.98. The van der Waals surface area contributed by atoms with Crippen LogP contribution < -0.4 is 10.6 Å². The number of hydrogen-bond donors (Lipinski definition) is 3. The molecule has 1 heterocycles. The molecule has 0 aliphatic carbocycles. The van der Waals surface area contributed by atoms with Crippen LogP contribution in [0, 0.1) is 6.92 Å². The summed E-state index contributed by atoms with van der Waals surface area (Å²) in [6.45, 7) is 7.91. The summed E-state index contributed by atoms with van der Waals surface area (Å²) < 4.78 is 5.76. The average Bonchev–Trinajstić information content (AvgIpc) is 3.08. The second-order valence-electron chi connectivity index (χ2n) is 5.98. The third-order valence-electron chi connectivity index (χ3n) is 3.70. The lowest BCUT2D eigenvalue weighted by Crippen LogP contribution is -2.42. The van der Waals surface area contributed by atoms with Crippen LogP contribution in [0.3, 0.4) is 0 Å². The Morgan fingerprint density at radius 2 is 2.04 bits per heavy atom. The fraction of sp³-hybridized carbons (Fsp3) is 0.474. The van der Waals surface area contributed by atoms with Gasteiger partial charge in [-0.3, -0.25) is 0 Å². The number of halogens is 1. The molecule has 2 rings (SSSR count). The summed E-state index contributed by atoms with van der Waals surface area (Å²) in [7, 11) is 0. The van der Waals surface area contributed by atoms with Crippen molar-refractivity contribution in [1.82, 2.24) is 15.6 Å². The van der Waals surface area contributed by atoms with Gasteiger partial charge in [-0.25, -0.2) is 9.98 Å². The summed E-state index contributed by atoms with van der Waals surface area (Å²) in [6, 6.07) is 9.98. The van der Waals surface area contributed by atoms with Crippen molar-refractivity contribution >= 4 is 41.3 Å². The van der Waals surface area contributed by atoms with Gasteiger partial charge in [0.05, 0.1) is 25.4 Å². The van der Waals surface area contributed by atoms with Gasteiger partial charge in [0.15, 0.2) is 5.96 Å². The predicted molar refractivity (Wildman–Crippen MR) is 122 cm³/mol. The third kappa shape index (κ3) is 9.00. The first-order valence-electron chi connectivity index (χ1n) is 8.86. The summed E-state index contributed by atoms with van der Waals surface area (Å²) in [5.74, 6) is 0.663. The number of aryl methyl sites for hydroxylation is 1. The molecule has 0 spiro atoms. The van der Waals surface area contributed by atoms with Gasteiger partial charge in [0.25, 0.3) is 0 Å². The van der Waals surface area contributed by atoms with E-state index in [1.807, 2.05) is 57.3 Å². The molecule has 0 aliphatic heterocycles. The maximum atomic E-state index is 10.2. The van der Waals surface area contributed by atoms with E-state index in [4.69, 9.17) is 4.74 Å². The van der Waals surface area contributed by atoms with Gasteiger partial charge in [-0.15, -0.1) is 35.3 Å². The number of nitrogens with zero attached hydrogens (tertiary/aromatic N) is 2. The molecule has 8 heteroatoms. The lowest BCUT2D eigenvalue weighted by atomic mass is 10.1. The molecule has 0 amide bonds. The number of aliphatic hydroxyl groups excluding tert-OH is 1. The lowest BCUT2D eigenvalue weighted by Gasteiger charge is -2.18. The van der Waals surface area contributed by atoms with Crippen LogP contribution in [0.1, 0.15) is 35.4 Å². The van der Waals surface area contributed by atoms with Gasteiger partial charge in [-0.1, -0.05) is 30.3 Å². The van der Waals surface area contributed by atoms with Crippen LogP contribution in [0.5, 0.6) is 0 Å². The summed E-state index contributed by atoms with van der Waals surface area (Å²) >= 11 is 1.64. The number of aliphatic hydroxyl groups is 1. The van der Waals surface area contributed by atoms with E-state index in [0.717, 1.165) is 17.1 Å². The quantitative estimate of drug-likeness (QED) is 0.278. The highest BCUT2D eigenvalue weighted by atomic mass is 127. The molecule has 27 heavy (non-hydrogen) atoms. The first-order chi connectivity index (χ1) is 12.6.